The summed E-state index contributed by atoms with van der Waals surface area (Å²) in [6, 6.07) is 8.02. The largest absolute Gasteiger partial charge is 0.494 e. The Balaban J connectivity index is 1.65. The van der Waals surface area contributed by atoms with Gasteiger partial charge in [0, 0.05) is 32.3 Å². The second-order valence-corrected chi connectivity index (χ2v) is 5.60. The third kappa shape index (κ3) is 6.37. The highest BCUT2D eigenvalue weighted by Gasteiger charge is 2.14. The molecule has 24 heavy (non-hydrogen) atoms. The van der Waals surface area contributed by atoms with Crippen LogP contribution in [0.25, 0.3) is 0 Å². The van der Waals surface area contributed by atoms with Crippen LogP contribution in [0.3, 0.4) is 0 Å². The minimum Gasteiger partial charge on any atom is -0.494 e. The van der Waals surface area contributed by atoms with Gasteiger partial charge >= 0.3 is 0 Å². The van der Waals surface area contributed by atoms with Crippen LogP contribution < -0.4 is 15.4 Å². The number of rotatable bonds is 9. The third-order valence-corrected chi connectivity index (χ3v) is 3.81. The van der Waals surface area contributed by atoms with E-state index in [1.165, 1.54) is 0 Å². The first kappa shape index (κ1) is 18.5. The highest BCUT2D eigenvalue weighted by molar-refractivity contribution is 5.79. The molecular formula is C18H29N3O3. The predicted octanol–water partition coefficient (Wildman–Crippen LogP) is 1.95. The molecule has 1 heterocycles. The zero-order valence-electron chi connectivity index (χ0n) is 14.7. The van der Waals surface area contributed by atoms with Crippen LogP contribution in [0.5, 0.6) is 5.75 Å². The molecule has 0 saturated carbocycles. The molecule has 0 amide bonds. The molecule has 0 aliphatic carbocycles. The van der Waals surface area contributed by atoms with E-state index in [2.05, 4.69) is 21.7 Å². The van der Waals surface area contributed by atoms with Gasteiger partial charge in [0.25, 0.3) is 0 Å². The highest BCUT2D eigenvalue weighted by atomic mass is 16.5. The molecule has 6 nitrogen and oxygen atoms in total. The number of hydrogen-bond donors (Lipinski definition) is 2. The monoisotopic (exact) mass is 335 g/mol. The molecule has 1 fully saturated rings. The van der Waals surface area contributed by atoms with Crippen LogP contribution in [0.1, 0.15) is 25.3 Å². The molecule has 1 aliphatic heterocycles. The molecule has 1 atom stereocenters. The summed E-state index contributed by atoms with van der Waals surface area (Å²) >= 11 is 0. The summed E-state index contributed by atoms with van der Waals surface area (Å²) in [6.07, 6.45) is 2.53. The fourth-order valence-electron chi connectivity index (χ4n) is 2.58. The van der Waals surface area contributed by atoms with E-state index < -0.39 is 0 Å². The smallest absolute Gasteiger partial charge is 0.191 e. The van der Waals surface area contributed by atoms with Gasteiger partial charge in [-0.1, -0.05) is 18.2 Å². The molecule has 0 radical (unpaired) electrons. The van der Waals surface area contributed by atoms with Crippen molar-refractivity contribution in [3.63, 3.8) is 0 Å². The lowest BCUT2D eigenvalue weighted by molar-refractivity contribution is 0.0191. The summed E-state index contributed by atoms with van der Waals surface area (Å²) in [5.41, 5.74) is 1.11. The zero-order chi connectivity index (χ0) is 17.0. The Bertz CT molecular complexity index is 502. The van der Waals surface area contributed by atoms with Gasteiger partial charge in [0.15, 0.2) is 5.96 Å². The maximum Gasteiger partial charge on any atom is 0.191 e. The van der Waals surface area contributed by atoms with Crippen molar-refractivity contribution in [2.45, 2.75) is 32.4 Å². The van der Waals surface area contributed by atoms with Crippen LogP contribution in [0.2, 0.25) is 0 Å². The van der Waals surface area contributed by atoms with Gasteiger partial charge in [-0.25, -0.2) is 0 Å². The van der Waals surface area contributed by atoms with Crippen molar-refractivity contribution in [3.8, 4) is 5.75 Å². The quantitative estimate of drug-likeness (QED) is 0.410. The average molecular weight is 335 g/mol. The van der Waals surface area contributed by atoms with Crippen molar-refractivity contribution in [1.82, 2.24) is 10.6 Å². The predicted molar refractivity (Wildman–Crippen MR) is 95.6 cm³/mol. The van der Waals surface area contributed by atoms with Crippen LogP contribution in [0.4, 0.5) is 0 Å². The van der Waals surface area contributed by atoms with Crippen LogP contribution in [-0.2, 0) is 16.0 Å². The molecule has 0 bridgehead atoms. The van der Waals surface area contributed by atoms with Crippen molar-refractivity contribution in [3.05, 3.63) is 29.8 Å². The average Bonchev–Trinajstić information content (AvgIpc) is 3.12. The van der Waals surface area contributed by atoms with Gasteiger partial charge in [-0.15, -0.1) is 0 Å². The number of ether oxygens (including phenoxy) is 3. The van der Waals surface area contributed by atoms with E-state index in [1.54, 1.807) is 7.05 Å². The van der Waals surface area contributed by atoms with Gasteiger partial charge in [-0.3, -0.25) is 4.99 Å². The number of benzene rings is 1. The lowest BCUT2D eigenvalue weighted by atomic mass is 10.2. The number of guanidine groups is 1. The first-order chi connectivity index (χ1) is 11.8. The molecule has 1 unspecified atom stereocenters. The molecule has 1 saturated heterocycles. The summed E-state index contributed by atoms with van der Waals surface area (Å²) in [5, 5.41) is 6.54. The topological polar surface area (TPSA) is 64.1 Å². The van der Waals surface area contributed by atoms with E-state index in [9.17, 15) is 0 Å². The second-order valence-electron chi connectivity index (χ2n) is 5.60. The first-order valence-corrected chi connectivity index (χ1v) is 8.68. The van der Waals surface area contributed by atoms with Crippen LogP contribution in [0, 0.1) is 0 Å². The van der Waals surface area contributed by atoms with Gasteiger partial charge in [0.05, 0.1) is 25.9 Å². The summed E-state index contributed by atoms with van der Waals surface area (Å²) in [7, 11) is 1.76. The van der Waals surface area contributed by atoms with Gasteiger partial charge in [0.1, 0.15) is 5.75 Å². The highest BCUT2D eigenvalue weighted by Crippen LogP contribution is 2.17. The third-order valence-electron chi connectivity index (χ3n) is 3.81. The van der Waals surface area contributed by atoms with E-state index in [0.29, 0.717) is 32.9 Å². The van der Waals surface area contributed by atoms with E-state index >= 15 is 0 Å². The molecule has 0 aromatic heterocycles. The summed E-state index contributed by atoms with van der Waals surface area (Å²) in [4.78, 5) is 4.23. The summed E-state index contributed by atoms with van der Waals surface area (Å²) in [6.45, 7) is 6.19. The molecule has 2 rings (SSSR count). The number of para-hydroxylation sites is 1. The lowest BCUT2D eigenvalue weighted by Crippen LogP contribution is -2.38. The fraction of sp³-hybridized carbons (Fsp3) is 0.611. The molecule has 1 aromatic carbocycles. The Morgan fingerprint density at radius 3 is 2.96 bits per heavy atom. The number of nitrogens with zero attached hydrogens (tertiary/aromatic N) is 1. The number of hydrogen-bond acceptors (Lipinski definition) is 4. The van der Waals surface area contributed by atoms with E-state index in [1.807, 2.05) is 25.1 Å². The Morgan fingerprint density at radius 1 is 1.33 bits per heavy atom. The van der Waals surface area contributed by atoms with Crippen LogP contribution >= 0.6 is 0 Å². The lowest BCUT2D eigenvalue weighted by Gasteiger charge is -2.15. The standard InChI is InChI=1S/C18H29N3O3/c1-3-23-17-9-5-4-7-15(17)13-21-18(19-2)20-10-12-22-14-16-8-6-11-24-16/h4-5,7,9,16H,3,6,8,10-14H2,1-2H3,(H2,19,20,21). The van der Waals surface area contributed by atoms with Crippen LogP contribution in [-0.4, -0.2) is 52.1 Å². The summed E-state index contributed by atoms with van der Waals surface area (Å²) < 4.78 is 16.8. The summed E-state index contributed by atoms with van der Waals surface area (Å²) in [5.74, 6) is 1.66. The van der Waals surface area contributed by atoms with Crippen molar-refractivity contribution < 1.29 is 14.2 Å². The SMILES string of the molecule is CCOc1ccccc1CNC(=NC)NCCOCC1CCCO1. The Morgan fingerprint density at radius 2 is 2.21 bits per heavy atom. The van der Waals surface area contributed by atoms with Crippen molar-refractivity contribution >= 4 is 5.96 Å². The molecule has 6 heteroatoms. The van der Waals surface area contributed by atoms with Crippen molar-refractivity contribution in [2.75, 3.05) is 40.0 Å². The normalized spacial score (nSPS) is 17.8. The molecular weight excluding hydrogens is 306 g/mol. The van der Waals surface area contributed by atoms with E-state index in [4.69, 9.17) is 14.2 Å². The number of aliphatic imine (C=N–C) groups is 1. The first-order valence-electron chi connectivity index (χ1n) is 8.68. The van der Waals surface area contributed by atoms with Gasteiger partial charge in [0.2, 0.25) is 0 Å². The Kier molecular flexibility index (Phi) is 8.41. The maximum absolute atomic E-state index is 5.64. The minimum atomic E-state index is 0.275. The Hall–Kier alpha value is -1.79. The Labute approximate surface area is 144 Å². The van der Waals surface area contributed by atoms with Gasteiger partial charge in [-0.05, 0) is 25.8 Å². The molecule has 2 N–H and O–H groups in total. The van der Waals surface area contributed by atoms with Gasteiger partial charge in [-0.2, -0.15) is 0 Å². The maximum atomic E-state index is 5.64. The van der Waals surface area contributed by atoms with Crippen LogP contribution in [0.15, 0.2) is 29.3 Å². The molecule has 0 spiro atoms. The molecule has 134 valence electrons. The zero-order valence-corrected chi connectivity index (χ0v) is 14.7. The fourth-order valence-corrected chi connectivity index (χ4v) is 2.58. The van der Waals surface area contributed by atoms with Crippen molar-refractivity contribution in [1.29, 1.82) is 0 Å². The van der Waals surface area contributed by atoms with E-state index in [-0.39, 0.29) is 6.10 Å². The number of nitrogens with one attached hydrogen (secondary N) is 2. The van der Waals surface area contributed by atoms with Gasteiger partial charge < -0.3 is 24.8 Å². The van der Waals surface area contributed by atoms with E-state index in [0.717, 1.165) is 36.7 Å². The molecule has 1 aromatic rings. The van der Waals surface area contributed by atoms with Crippen molar-refractivity contribution in [2.24, 2.45) is 4.99 Å². The molecule has 1 aliphatic rings. The minimum absolute atomic E-state index is 0.275. The second kappa shape index (κ2) is 10.9.